The number of aliphatic hydroxyl groups excluding tert-OH is 2. The first kappa shape index (κ1) is 19.5. The maximum Gasteiger partial charge on any atom is 0.168 e. The summed E-state index contributed by atoms with van der Waals surface area (Å²) in [6, 6.07) is 0. The molecule has 0 aliphatic heterocycles. The van der Waals surface area contributed by atoms with Crippen molar-refractivity contribution in [2.75, 3.05) is 13.2 Å². The van der Waals surface area contributed by atoms with Crippen LogP contribution in [0, 0.1) is 5.41 Å². The van der Waals surface area contributed by atoms with E-state index in [2.05, 4.69) is 10.1 Å². The van der Waals surface area contributed by atoms with Gasteiger partial charge < -0.3 is 14.7 Å². The molecule has 0 unspecified atom stereocenters. The molecule has 3 rings (SSSR count). The average molecular weight is 374 g/mol. The Labute approximate surface area is 158 Å². The number of allylic oxidation sites excluding steroid dienone is 2. The molecule has 0 radical (unpaired) electrons. The predicted molar refractivity (Wildman–Crippen MR) is 99.2 cm³/mol. The van der Waals surface area contributed by atoms with Crippen molar-refractivity contribution in [2.24, 2.45) is 10.4 Å². The molecule has 27 heavy (non-hydrogen) atoms. The van der Waals surface area contributed by atoms with Gasteiger partial charge in [-0.25, -0.2) is 0 Å². The zero-order chi connectivity index (χ0) is 19.6. The van der Waals surface area contributed by atoms with Gasteiger partial charge in [0.15, 0.2) is 11.6 Å². The van der Waals surface area contributed by atoms with Crippen molar-refractivity contribution in [3.05, 3.63) is 28.3 Å². The van der Waals surface area contributed by atoms with E-state index in [0.29, 0.717) is 61.3 Å². The van der Waals surface area contributed by atoms with Gasteiger partial charge in [-0.15, -0.1) is 0 Å². The minimum atomic E-state index is -0.141. The Balaban J connectivity index is 1.80. The molecule has 0 spiro atoms. The average Bonchev–Trinajstić information content (AvgIpc) is 2.99. The number of carbonyl (C=O) groups is 2. The van der Waals surface area contributed by atoms with Crippen molar-refractivity contribution in [3.63, 3.8) is 0 Å². The second kappa shape index (κ2) is 7.76. The van der Waals surface area contributed by atoms with Crippen LogP contribution in [0.3, 0.4) is 0 Å². The predicted octanol–water partition coefficient (Wildman–Crippen LogP) is 2.76. The number of fused-ring (bicyclic) bond motifs is 1. The Hall–Kier alpha value is -2.28. The number of hydrogen-bond donors (Lipinski definition) is 2. The summed E-state index contributed by atoms with van der Waals surface area (Å²) in [5.74, 6) is 0.466. The summed E-state index contributed by atoms with van der Waals surface area (Å²) in [5, 5.41) is 23.5. The SMILES string of the molecule is CC1(C)CC(=O)c2c(CCC(O)=C3C(=O)CCCC3=NCCO)noc2C1. The van der Waals surface area contributed by atoms with Crippen LogP contribution in [0.1, 0.15) is 67.8 Å². The molecule has 1 saturated carbocycles. The number of hydrogen-bond acceptors (Lipinski definition) is 7. The zero-order valence-corrected chi connectivity index (χ0v) is 15.9. The molecule has 7 heteroatoms. The molecular formula is C20H26N2O5. The number of aryl methyl sites for hydroxylation is 1. The molecule has 2 aliphatic carbocycles. The number of aliphatic imine (C=N–C) groups is 1. The van der Waals surface area contributed by atoms with E-state index in [1.54, 1.807) is 0 Å². The van der Waals surface area contributed by atoms with Crippen molar-refractivity contribution >= 4 is 17.3 Å². The lowest BCUT2D eigenvalue weighted by Gasteiger charge is -2.26. The highest BCUT2D eigenvalue weighted by molar-refractivity contribution is 6.24. The van der Waals surface area contributed by atoms with Gasteiger partial charge >= 0.3 is 0 Å². The van der Waals surface area contributed by atoms with E-state index in [1.807, 2.05) is 13.8 Å². The number of Topliss-reactive ketones (excluding diaryl/α,β-unsaturated/α-hetero) is 2. The third-order valence-corrected chi connectivity index (χ3v) is 5.07. The lowest BCUT2D eigenvalue weighted by molar-refractivity contribution is -0.115. The first-order chi connectivity index (χ1) is 12.8. The van der Waals surface area contributed by atoms with Crippen LogP contribution in [0.15, 0.2) is 20.8 Å². The van der Waals surface area contributed by atoms with Crippen LogP contribution in [0.5, 0.6) is 0 Å². The van der Waals surface area contributed by atoms with Crippen molar-refractivity contribution in [1.82, 2.24) is 5.16 Å². The third-order valence-electron chi connectivity index (χ3n) is 5.07. The summed E-state index contributed by atoms with van der Waals surface area (Å²) in [5.41, 5.74) is 1.75. The van der Waals surface area contributed by atoms with Crippen LogP contribution in [0.4, 0.5) is 0 Å². The highest BCUT2D eigenvalue weighted by Gasteiger charge is 2.36. The smallest absolute Gasteiger partial charge is 0.168 e. The van der Waals surface area contributed by atoms with Gasteiger partial charge in [-0.3, -0.25) is 14.6 Å². The first-order valence-electron chi connectivity index (χ1n) is 9.43. The third kappa shape index (κ3) is 4.18. The van der Waals surface area contributed by atoms with Gasteiger partial charge in [0.2, 0.25) is 0 Å². The molecule has 0 amide bonds. The van der Waals surface area contributed by atoms with Crippen LogP contribution in [-0.2, 0) is 17.6 Å². The number of ketones is 2. The van der Waals surface area contributed by atoms with Crippen LogP contribution in [-0.4, -0.2) is 45.8 Å². The van der Waals surface area contributed by atoms with E-state index >= 15 is 0 Å². The molecule has 1 heterocycles. The number of rotatable bonds is 5. The zero-order valence-electron chi connectivity index (χ0n) is 15.9. The van der Waals surface area contributed by atoms with E-state index in [4.69, 9.17) is 9.63 Å². The monoisotopic (exact) mass is 374 g/mol. The lowest BCUT2D eigenvalue weighted by Crippen LogP contribution is -2.26. The van der Waals surface area contributed by atoms with Crippen LogP contribution in [0.2, 0.25) is 0 Å². The highest BCUT2D eigenvalue weighted by atomic mass is 16.5. The van der Waals surface area contributed by atoms with E-state index < -0.39 is 0 Å². The Bertz CT molecular complexity index is 816. The highest BCUT2D eigenvalue weighted by Crippen LogP contribution is 2.36. The summed E-state index contributed by atoms with van der Waals surface area (Å²) in [7, 11) is 0. The van der Waals surface area contributed by atoms with Crippen LogP contribution >= 0.6 is 0 Å². The minimum Gasteiger partial charge on any atom is -0.511 e. The topological polar surface area (TPSA) is 113 Å². The number of aromatic nitrogens is 1. The Morgan fingerprint density at radius 3 is 2.74 bits per heavy atom. The molecule has 1 aromatic rings. The Morgan fingerprint density at radius 1 is 1.22 bits per heavy atom. The van der Waals surface area contributed by atoms with Crippen molar-refractivity contribution < 1.29 is 24.3 Å². The molecule has 0 aromatic carbocycles. The summed E-state index contributed by atoms with van der Waals surface area (Å²) < 4.78 is 5.38. The lowest BCUT2D eigenvalue weighted by atomic mass is 9.76. The number of carbonyl (C=O) groups excluding carboxylic acids is 2. The second-order valence-electron chi connectivity index (χ2n) is 8.02. The standard InChI is InChI=1S/C20H26N2O5/c1-20(2)10-16(26)19-13(22-27-17(19)11-20)6-7-15(25)18-12(21-8-9-23)4-3-5-14(18)24/h23,25H,3-11H2,1-2H3. The van der Waals surface area contributed by atoms with Gasteiger partial charge in [0.1, 0.15) is 11.5 Å². The first-order valence-corrected chi connectivity index (χ1v) is 9.43. The molecule has 2 aliphatic rings. The Kier molecular flexibility index (Phi) is 5.60. The van der Waals surface area contributed by atoms with Crippen LogP contribution < -0.4 is 0 Å². The second-order valence-corrected chi connectivity index (χ2v) is 8.02. The van der Waals surface area contributed by atoms with Gasteiger partial charge in [-0.05, 0) is 18.3 Å². The molecule has 0 saturated heterocycles. The largest absolute Gasteiger partial charge is 0.511 e. The molecule has 146 valence electrons. The van der Waals surface area contributed by atoms with E-state index in [9.17, 15) is 14.7 Å². The quantitative estimate of drug-likeness (QED) is 0.605. The fourth-order valence-corrected chi connectivity index (χ4v) is 3.85. The molecule has 2 N–H and O–H groups in total. The normalized spacial score (nSPS) is 22.9. The fraction of sp³-hybridized carbons (Fsp3) is 0.600. The van der Waals surface area contributed by atoms with Crippen molar-refractivity contribution in [3.8, 4) is 0 Å². The van der Waals surface area contributed by atoms with Crippen molar-refractivity contribution in [2.45, 2.75) is 58.8 Å². The van der Waals surface area contributed by atoms with Gasteiger partial charge in [-0.2, -0.15) is 0 Å². The van der Waals surface area contributed by atoms with Crippen LogP contribution in [0.25, 0.3) is 0 Å². The minimum absolute atomic E-state index is 0.0172. The molecule has 0 bridgehead atoms. The van der Waals surface area contributed by atoms with E-state index in [1.165, 1.54) is 0 Å². The number of nitrogens with zero attached hydrogens (tertiary/aromatic N) is 2. The summed E-state index contributed by atoms with van der Waals surface area (Å²) in [4.78, 5) is 29.0. The maximum atomic E-state index is 12.5. The van der Waals surface area contributed by atoms with E-state index in [-0.39, 0.29) is 47.9 Å². The summed E-state index contributed by atoms with van der Waals surface area (Å²) in [6.07, 6.45) is 3.29. The fourth-order valence-electron chi connectivity index (χ4n) is 3.85. The van der Waals surface area contributed by atoms with Gasteiger partial charge in [-0.1, -0.05) is 19.0 Å². The molecule has 7 nitrogen and oxygen atoms in total. The molecule has 1 aromatic heterocycles. The molecular weight excluding hydrogens is 348 g/mol. The van der Waals surface area contributed by atoms with Crippen molar-refractivity contribution in [1.29, 1.82) is 0 Å². The molecule has 1 fully saturated rings. The maximum absolute atomic E-state index is 12.5. The number of aliphatic hydroxyl groups is 2. The summed E-state index contributed by atoms with van der Waals surface area (Å²) >= 11 is 0. The molecule has 0 atom stereocenters. The summed E-state index contributed by atoms with van der Waals surface area (Å²) in [6.45, 7) is 4.15. The van der Waals surface area contributed by atoms with Gasteiger partial charge in [0.25, 0.3) is 0 Å². The van der Waals surface area contributed by atoms with Gasteiger partial charge in [0.05, 0.1) is 30.0 Å². The Morgan fingerprint density at radius 2 is 2.00 bits per heavy atom. The van der Waals surface area contributed by atoms with E-state index in [0.717, 1.165) is 0 Å². The van der Waals surface area contributed by atoms with Gasteiger partial charge in [0, 0.05) is 37.8 Å².